The Kier molecular flexibility index (Phi) is 6.19. The van der Waals surface area contributed by atoms with E-state index in [-0.39, 0.29) is 38.2 Å². The van der Waals surface area contributed by atoms with Gasteiger partial charge < -0.3 is 14.4 Å². The highest BCUT2D eigenvalue weighted by atomic mass is 32.2. The van der Waals surface area contributed by atoms with Gasteiger partial charge in [0.1, 0.15) is 5.75 Å². The Bertz CT molecular complexity index is 916. The van der Waals surface area contributed by atoms with E-state index in [1.165, 1.54) is 4.90 Å². The molecule has 1 aromatic rings. The number of rotatable bonds is 2. The van der Waals surface area contributed by atoms with Crippen molar-refractivity contribution in [3.05, 3.63) is 29.8 Å². The van der Waals surface area contributed by atoms with Gasteiger partial charge in [0.2, 0.25) is 0 Å². The number of alkyl halides is 3. The maximum absolute atomic E-state index is 12.9. The molecule has 7 nitrogen and oxygen atoms in total. The van der Waals surface area contributed by atoms with Gasteiger partial charge in [-0.15, -0.1) is 0 Å². The molecule has 5 rings (SSSR count). The molecule has 0 radical (unpaired) electrons. The zero-order valence-corrected chi connectivity index (χ0v) is 17.6. The third kappa shape index (κ3) is 4.68. The number of fused-ring (bicyclic) bond motifs is 5. The van der Waals surface area contributed by atoms with E-state index in [0.717, 1.165) is 31.2 Å². The molecule has 1 saturated carbocycles. The van der Waals surface area contributed by atoms with Crippen LogP contribution in [0.5, 0.6) is 5.75 Å². The highest BCUT2D eigenvalue weighted by Crippen LogP contribution is 2.39. The normalized spacial score (nSPS) is 29.9. The lowest BCUT2D eigenvalue weighted by Gasteiger charge is -2.32. The van der Waals surface area contributed by atoms with Crippen molar-refractivity contribution in [2.24, 2.45) is 0 Å². The molecule has 0 unspecified atom stereocenters. The molecule has 3 aliphatic heterocycles. The molecule has 1 N–H and O–H groups in total. The van der Waals surface area contributed by atoms with Crippen molar-refractivity contribution in [1.29, 1.82) is 0 Å². The lowest BCUT2D eigenvalue weighted by atomic mass is 9.82. The van der Waals surface area contributed by atoms with E-state index in [1.54, 1.807) is 4.72 Å². The van der Waals surface area contributed by atoms with Crippen molar-refractivity contribution in [2.45, 2.75) is 61.7 Å². The summed E-state index contributed by atoms with van der Waals surface area (Å²) in [6.07, 6.45) is 3.28. The van der Waals surface area contributed by atoms with Crippen molar-refractivity contribution in [3.8, 4) is 5.75 Å². The van der Waals surface area contributed by atoms with Gasteiger partial charge in [-0.05, 0) is 49.7 Å². The molecule has 2 bridgehead atoms. The molecular formula is C20H25F3N2O5S. The molecule has 31 heavy (non-hydrogen) atoms. The number of nitrogens with zero attached hydrogens (tertiary/aromatic N) is 1. The lowest BCUT2D eigenvalue weighted by Crippen LogP contribution is -2.52. The van der Waals surface area contributed by atoms with Gasteiger partial charge in [0.05, 0.1) is 18.8 Å². The molecule has 1 aromatic carbocycles. The van der Waals surface area contributed by atoms with Gasteiger partial charge >= 0.3 is 15.5 Å². The summed E-state index contributed by atoms with van der Waals surface area (Å²) < 4.78 is 75.4. The first-order valence-corrected chi connectivity index (χ1v) is 11.9. The Hall–Kier alpha value is -1.85. The highest BCUT2D eigenvalue weighted by Gasteiger charge is 2.50. The second kappa shape index (κ2) is 8.59. The zero-order valence-electron chi connectivity index (χ0n) is 16.8. The van der Waals surface area contributed by atoms with Crippen LogP contribution < -0.4 is 9.46 Å². The van der Waals surface area contributed by atoms with Crippen LogP contribution in [-0.2, 0) is 19.6 Å². The van der Waals surface area contributed by atoms with E-state index in [2.05, 4.69) is 0 Å². The fraction of sp³-hybridized carbons (Fsp3) is 0.650. The fourth-order valence-electron chi connectivity index (χ4n) is 4.72. The van der Waals surface area contributed by atoms with Gasteiger partial charge in [-0.1, -0.05) is 18.2 Å². The van der Waals surface area contributed by atoms with E-state index in [4.69, 9.17) is 9.47 Å². The molecule has 3 heterocycles. The van der Waals surface area contributed by atoms with E-state index in [9.17, 15) is 26.4 Å². The third-order valence-corrected chi connectivity index (χ3v) is 7.59. The lowest BCUT2D eigenvalue weighted by molar-refractivity contribution is -0.136. The second-order valence-electron chi connectivity index (χ2n) is 8.25. The molecule has 2 atom stereocenters. The number of benzene rings is 1. The van der Waals surface area contributed by atoms with Gasteiger partial charge in [-0.3, -0.25) is 4.79 Å². The van der Waals surface area contributed by atoms with Crippen molar-refractivity contribution in [3.63, 3.8) is 0 Å². The molecule has 1 amide bonds. The predicted molar refractivity (Wildman–Crippen MR) is 105 cm³/mol. The minimum absolute atomic E-state index is 0.0287. The minimum atomic E-state index is -5.53. The summed E-state index contributed by atoms with van der Waals surface area (Å²) in [4.78, 5) is 14.2. The molecule has 2 fully saturated rings. The smallest absolute Gasteiger partial charge is 0.483 e. The van der Waals surface area contributed by atoms with E-state index in [0.29, 0.717) is 5.75 Å². The van der Waals surface area contributed by atoms with Gasteiger partial charge in [0.25, 0.3) is 5.91 Å². The number of nitrogens with one attached hydrogen (secondary N) is 1. The number of ether oxygens (including phenoxy) is 2. The summed E-state index contributed by atoms with van der Waals surface area (Å²) >= 11 is 0. The standard InChI is InChI=1S/C20H25F3N2O5S/c21-20(22,23)31(27,28)24-16-9-10-25-17(16)11-29-14-7-5-13(6-8-14)15-3-1-2-4-18(15)30-12-19(25)26/h1-4,13-14,16-17,24H,5-12H2/t13?,14?,16-,17-/m0/s1. The number of carbonyl (C=O) groups excluding carboxylic acids is 1. The van der Waals surface area contributed by atoms with Crippen molar-refractivity contribution in [1.82, 2.24) is 9.62 Å². The molecule has 172 valence electrons. The monoisotopic (exact) mass is 462 g/mol. The third-order valence-electron chi connectivity index (χ3n) is 6.36. The first-order valence-electron chi connectivity index (χ1n) is 10.4. The highest BCUT2D eigenvalue weighted by molar-refractivity contribution is 7.90. The van der Waals surface area contributed by atoms with Crippen LogP contribution >= 0.6 is 0 Å². The van der Waals surface area contributed by atoms with E-state index < -0.39 is 33.5 Å². The minimum Gasteiger partial charge on any atom is -0.483 e. The van der Waals surface area contributed by atoms with Crippen molar-refractivity contribution < 1.29 is 35.9 Å². The van der Waals surface area contributed by atoms with Crippen LogP contribution in [0, 0.1) is 0 Å². The number of carbonyl (C=O) groups is 1. The number of halogens is 3. The predicted octanol–water partition coefficient (Wildman–Crippen LogP) is 2.53. The molecular weight excluding hydrogens is 437 g/mol. The molecule has 11 heteroatoms. The van der Waals surface area contributed by atoms with Gasteiger partial charge in [-0.2, -0.15) is 13.2 Å². The Morgan fingerprint density at radius 2 is 1.77 bits per heavy atom. The van der Waals surface area contributed by atoms with Crippen molar-refractivity contribution >= 4 is 15.9 Å². The number of hydrogen-bond donors (Lipinski definition) is 1. The second-order valence-corrected chi connectivity index (χ2v) is 9.96. The number of hydrogen-bond acceptors (Lipinski definition) is 5. The number of amides is 1. The van der Waals surface area contributed by atoms with Crippen molar-refractivity contribution in [2.75, 3.05) is 19.8 Å². The maximum atomic E-state index is 12.9. The Morgan fingerprint density at radius 1 is 1.06 bits per heavy atom. The molecule has 1 aliphatic carbocycles. The Morgan fingerprint density at radius 3 is 2.48 bits per heavy atom. The van der Waals surface area contributed by atoms with Crippen LogP contribution in [0.15, 0.2) is 24.3 Å². The maximum Gasteiger partial charge on any atom is 0.511 e. The average Bonchev–Trinajstić information content (AvgIpc) is 3.12. The number of sulfonamides is 1. The molecule has 0 aromatic heterocycles. The Labute approximate surface area is 178 Å². The van der Waals surface area contributed by atoms with Crippen LogP contribution in [0.3, 0.4) is 0 Å². The Balaban J connectivity index is 1.58. The van der Waals surface area contributed by atoms with Gasteiger partial charge in [0.15, 0.2) is 6.61 Å². The quantitative estimate of drug-likeness (QED) is 0.730. The van der Waals surface area contributed by atoms with E-state index >= 15 is 0 Å². The molecule has 0 spiro atoms. The topological polar surface area (TPSA) is 84.9 Å². The first kappa shape index (κ1) is 22.3. The summed E-state index contributed by atoms with van der Waals surface area (Å²) in [7, 11) is -5.53. The summed E-state index contributed by atoms with van der Waals surface area (Å²) in [6, 6.07) is 5.65. The largest absolute Gasteiger partial charge is 0.511 e. The first-order chi connectivity index (χ1) is 14.7. The summed E-state index contributed by atoms with van der Waals surface area (Å²) in [5.41, 5.74) is -4.37. The summed E-state index contributed by atoms with van der Waals surface area (Å²) in [5, 5.41) is 0. The molecule has 4 aliphatic rings. The van der Waals surface area contributed by atoms with Crippen LogP contribution in [0.1, 0.15) is 43.6 Å². The molecule has 1 saturated heterocycles. The van der Waals surface area contributed by atoms with Crippen LogP contribution in [0.2, 0.25) is 0 Å². The zero-order chi connectivity index (χ0) is 22.2. The average molecular weight is 462 g/mol. The van der Waals surface area contributed by atoms with Crippen LogP contribution in [0.4, 0.5) is 13.2 Å². The van der Waals surface area contributed by atoms with Crippen LogP contribution in [-0.4, -0.2) is 62.7 Å². The van der Waals surface area contributed by atoms with Gasteiger partial charge in [-0.25, -0.2) is 13.1 Å². The van der Waals surface area contributed by atoms with Crippen LogP contribution in [0.25, 0.3) is 0 Å². The summed E-state index contributed by atoms with van der Waals surface area (Å²) in [6.45, 7) is -0.183. The van der Waals surface area contributed by atoms with E-state index in [1.807, 2.05) is 24.3 Å². The van der Waals surface area contributed by atoms with Gasteiger partial charge in [0, 0.05) is 12.6 Å². The SMILES string of the molecule is O=C1COc2ccccc2C2CCC(CC2)OC[C@H]2[C@@H](NS(=O)(=O)C(F)(F)F)CCN12. The summed E-state index contributed by atoms with van der Waals surface area (Å²) in [5.74, 6) is 0.506. The number of para-hydroxylation sites is 1. The fourth-order valence-corrected chi connectivity index (χ4v) is 5.53.